The minimum atomic E-state index is -1.36. The van der Waals surface area contributed by atoms with Gasteiger partial charge in [0.25, 0.3) is 0 Å². The van der Waals surface area contributed by atoms with Crippen molar-refractivity contribution in [2.24, 2.45) is 0 Å². The SMILES string of the molecule is CC(C=C(OC(=O)O)c1ccccc1)[Si](C)(C)C. The van der Waals surface area contributed by atoms with Gasteiger partial charge in [0.15, 0.2) is 0 Å². The molecule has 4 heteroatoms. The molecule has 0 fully saturated rings. The van der Waals surface area contributed by atoms with E-state index >= 15 is 0 Å². The third-order valence-corrected chi connectivity index (χ3v) is 5.92. The minimum absolute atomic E-state index is 0.340. The number of hydrogen-bond donors (Lipinski definition) is 1. The third-order valence-electron chi connectivity index (χ3n) is 3.02. The number of rotatable bonds is 4. The maximum Gasteiger partial charge on any atom is 0.511 e. The number of ether oxygens (including phenoxy) is 1. The van der Waals surface area contributed by atoms with Gasteiger partial charge in [0.1, 0.15) is 5.76 Å². The fourth-order valence-electron chi connectivity index (χ4n) is 1.36. The predicted octanol–water partition coefficient (Wildman–Crippen LogP) is 4.45. The predicted molar refractivity (Wildman–Crippen MR) is 76.3 cm³/mol. The zero-order valence-corrected chi connectivity index (χ0v) is 12.3. The van der Waals surface area contributed by atoms with E-state index in [1.165, 1.54) is 0 Å². The number of benzene rings is 1. The van der Waals surface area contributed by atoms with E-state index in [0.717, 1.165) is 5.56 Å². The van der Waals surface area contributed by atoms with Crippen molar-refractivity contribution in [1.29, 1.82) is 0 Å². The summed E-state index contributed by atoms with van der Waals surface area (Å²) in [6.07, 6.45) is 0.656. The van der Waals surface area contributed by atoms with Crippen molar-refractivity contribution in [3.8, 4) is 0 Å². The highest BCUT2D eigenvalue weighted by Gasteiger charge is 2.22. The fourth-order valence-corrected chi connectivity index (χ4v) is 2.01. The fraction of sp³-hybridized carbons (Fsp3) is 0.357. The number of hydrogen-bond acceptors (Lipinski definition) is 2. The van der Waals surface area contributed by atoms with Crippen molar-refractivity contribution < 1.29 is 14.6 Å². The van der Waals surface area contributed by atoms with Crippen LogP contribution in [0.25, 0.3) is 5.76 Å². The highest BCUT2D eigenvalue weighted by Crippen LogP contribution is 2.27. The van der Waals surface area contributed by atoms with Crippen LogP contribution in [0.5, 0.6) is 0 Å². The van der Waals surface area contributed by atoms with Gasteiger partial charge in [-0.25, -0.2) is 4.79 Å². The Balaban J connectivity index is 3.06. The molecule has 1 aromatic carbocycles. The topological polar surface area (TPSA) is 46.5 Å². The van der Waals surface area contributed by atoms with Crippen LogP contribution in [0.15, 0.2) is 36.4 Å². The zero-order valence-electron chi connectivity index (χ0n) is 11.3. The van der Waals surface area contributed by atoms with Crippen LogP contribution in [0, 0.1) is 0 Å². The average Bonchev–Trinajstić information content (AvgIpc) is 2.27. The van der Waals surface area contributed by atoms with E-state index in [1.54, 1.807) is 0 Å². The Morgan fingerprint density at radius 2 is 1.83 bits per heavy atom. The normalized spacial score (nSPS) is 14.1. The molecule has 1 aromatic rings. The lowest BCUT2D eigenvalue weighted by molar-refractivity contribution is 0.134. The van der Waals surface area contributed by atoms with E-state index in [0.29, 0.717) is 11.3 Å². The maximum absolute atomic E-state index is 10.8. The average molecular weight is 264 g/mol. The summed E-state index contributed by atoms with van der Waals surface area (Å²) >= 11 is 0. The quantitative estimate of drug-likeness (QED) is 0.496. The molecular formula is C14H20O3Si. The lowest BCUT2D eigenvalue weighted by Crippen LogP contribution is -2.25. The van der Waals surface area contributed by atoms with Gasteiger partial charge in [0.05, 0.1) is 8.07 Å². The Morgan fingerprint density at radius 3 is 2.28 bits per heavy atom. The Morgan fingerprint density at radius 1 is 1.28 bits per heavy atom. The highest BCUT2D eigenvalue weighted by atomic mass is 28.3. The summed E-state index contributed by atoms with van der Waals surface area (Å²) in [6.45, 7) is 8.85. The van der Waals surface area contributed by atoms with Crippen molar-refractivity contribution in [2.45, 2.75) is 32.1 Å². The molecule has 0 bridgehead atoms. The first-order chi connectivity index (χ1) is 8.30. The molecule has 0 saturated carbocycles. The van der Waals surface area contributed by atoms with Gasteiger partial charge < -0.3 is 9.84 Å². The van der Waals surface area contributed by atoms with E-state index in [9.17, 15) is 4.79 Å². The molecule has 98 valence electrons. The number of allylic oxidation sites excluding steroid dienone is 1. The number of carbonyl (C=O) groups is 1. The number of carboxylic acid groups (broad SMARTS) is 1. The molecular weight excluding hydrogens is 244 g/mol. The van der Waals surface area contributed by atoms with E-state index in [1.807, 2.05) is 36.4 Å². The van der Waals surface area contributed by atoms with Crippen LogP contribution < -0.4 is 0 Å². The minimum Gasteiger partial charge on any atom is -0.449 e. The van der Waals surface area contributed by atoms with Crippen LogP contribution >= 0.6 is 0 Å². The second-order valence-electron chi connectivity index (χ2n) is 5.42. The molecule has 0 saturated heterocycles. The maximum atomic E-state index is 10.8. The molecule has 0 aliphatic heterocycles. The van der Waals surface area contributed by atoms with Gasteiger partial charge in [-0.1, -0.05) is 56.9 Å². The van der Waals surface area contributed by atoms with Crippen LogP contribution in [0.3, 0.4) is 0 Å². The monoisotopic (exact) mass is 264 g/mol. The summed E-state index contributed by atoms with van der Waals surface area (Å²) < 4.78 is 4.90. The Bertz CT molecular complexity index is 432. The van der Waals surface area contributed by atoms with Gasteiger partial charge in [0.2, 0.25) is 0 Å². The van der Waals surface area contributed by atoms with Gasteiger partial charge in [-0.3, -0.25) is 0 Å². The smallest absolute Gasteiger partial charge is 0.449 e. The molecule has 1 rings (SSSR count). The van der Waals surface area contributed by atoms with E-state index in [-0.39, 0.29) is 0 Å². The molecule has 0 spiro atoms. The molecule has 0 heterocycles. The molecule has 0 radical (unpaired) electrons. The molecule has 1 atom stereocenters. The van der Waals surface area contributed by atoms with Crippen LogP contribution in [0.1, 0.15) is 12.5 Å². The van der Waals surface area contributed by atoms with Crippen molar-refractivity contribution in [2.75, 3.05) is 0 Å². The molecule has 0 aliphatic rings. The largest absolute Gasteiger partial charge is 0.511 e. The summed E-state index contributed by atoms with van der Waals surface area (Å²) in [4.78, 5) is 10.8. The van der Waals surface area contributed by atoms with E-state index in [4.69, 9.17) is 9.84 Å². The first kappa shape index (κ1) is 14.5. The van der Waals surface area contributed by atoms with Crippen LogP contribution in [-0.4, -0.2) is 19.3 Å². The van der Waals surface area contributed by atoms with Gasteiger partial charge >= 0.3 is 6.16 Å². The third kappa shape index (κ3) is 4.37. The summed E-state index contributed by atoms with van der Waals surface area (Å²) in [5, 5.41) is 8.81. The first-order valence-electron chi connectivity index (χ1n) is 5.98. The first-order valence-corrected chi connectivity index (χ1v) is 9.56. The molecule has 1 unspecified atom stereocenters. The molecule has 3 nitrogen and oxygen atoms in total. The van der Waals surface area contributed by atoms with Gasteiger partial charge in [-0.05, 0) is 11.6 Å². The van der Waals surface area contributed by atoms with Crippen LogP contribution in [0.4, 0.5) is 4.79 Å². The van der Waals surface area contributed by atoms with Crippen LogP contribution in [0.2, 0.25) is 25.2 Å². The Kier molecular flexibility index (Phi) is 4.73. The summed E-state index contributed by atoms with van der Waals surface area (Å²) in [5.41, 5.74) is 1.14. The lowest BCUT2D eigenvalue weighted by Gasteiger charge is -2.22. The van der Waals surface area contributed by atoms with E-state index in [2.05, 4.69) is 26.6 Å². The molecule has 0 amide bonds. The van der Waals surface area contributed by atoms with Crippen molar-refractivity contribution in [3.05, 3.63) is 42.0 Å². The van der Waals surface area contributed by atoms with Gasteiger partial charge in [-0.15, -0.1) is 0 Å². The summed E-state index contributed by atoms with van der Waals surface area (Å²) in [7, 11) is -1.36. The second-order valence-corrected chi connectivity index (χ2v) is 11.1. The molecule has 18 heavy (non-hydrogen) atoms. The van der Waals surface area contributed by atoms with Crippen LogP contribution in [-0.2, 0) is 4.74 Å². The summed E-state index contributed by atoms with van der Waals surface area (Å²) in [6, 6.07) is 9.34. The zero-order chi connectivity index (χ0) is 13.8. The lowest BCUT2D eigenvalue weighted by atomic mass is 10.1. The van der Waals surface area contributed by atoms with Crippen molar-refractivity contribution in [3.63, 3.8) is 0 Å². The second kappa shape index (κ2) is 5.86. The standard InChI is InChI=1S/C14H20O3Si/c1-11(18(2,3)4)10-13(17-14(15)16)12-8-6-5-7-9-12/h5-11H,1-4H3,(H,15,16). The van der Waals surface area contributed by atoms with Gasteiger partial charge in [-0.2, -0.15) is 0 Å². The Labute approximate surface area is 109 Å². The highest BCUT2D eigenvalue weighted by molar-refractivity contribution is 6.78. The molecule has 1 N–H and O–H groups in total. The van der Waals surface area contributed by atoms with E-state index < -0.39 is 14.2 Å². The molecule has 0 aromatic heterocycles. The summed E-state index contributed by atoms with van der Waals surface area (Å²) in [5.74, 6) is 0.429. The van der Waals surface area contributed by atoms with Gasteiger partial charge in [0, 0.05) is 5.56 Å². The van der Waals surface area contributed by atoms with Crippen molar-refractivity contribution in [1.82, 2.24) is 0 Å². The van der Waals surface area contributed by atoms with Crippen molar-refractivity contribution >= 4 is 20.0 Å². The Hall–Kier alpha value is -1.55. The molecule has 0 aliphatic carbocycles.